The molecule has 1 aromatic carbocycles. The average molecular weight is 266 g/mol. The van der Waals surface area contributed by atoms with Crippen LogP contribution in [0.1, 0.15) is 31.2 Å². The Morgan fingerprint density at radius 2 is 2.28 bits per heavy atom. The van der Waals surface area contributed by atoms with Crippen molar-refractivity contribution in [2.75, 3.05) is 11.5 Å². The fourth-order valence-corrected chi connectivity index (χ4v) is 3.10. The normalized spacial score (nSPS) is 21.3. The van der Waals surface area contributed by atoms with Crippen LogP contribution >= 0.6 is 11.8 Å². The van der Waals surface area contributed by atoms with Gasteiger partial charge in [0.15, 0.2) is 0 Å². The van der Waals surface area contributed by atoms with Crippen LogP contribution in [0, 0.1) is 0 Å². The third-order valence-electron chi connectivity index (χ3n) is 3.17. The Kier molecular flexibility index (Phi) is 4.53. The lowest BCUT2D eigenvalue weighted by Gasteiger charge is -2.24. The van der Waals surface area contributed by atoms with Gasteiger partial charge in [0.1, 0.15) is 11.9 Å². The quantitative estimate of drug-likeness (QED) is 0.909. The minimum atomic E-state index is -0.816. The first-order valence-electron chi connectivity index (χ1n) is 6.24. The maximum atomic E-state index is 11.1. The van der Waals surface area contributed by atoms with Gasteiger partial charge < -0.3 is 9.84 Å². The summed E-state index contributed by atoms with van der Waals surface area (Å²) >= 11 is 1.90. The number of carbonyl (C=O) groups is 1. The highest BCUT2D eigenvalue weighted by Gasteiger charge is 2.21. The first-order valence-corrected chi connectivity index (χ1v) is 7.40. The van der Waals surface area contributed by atoms with E-state index in [9.17, 15) is 4.79 Å². The Balaban J connectivity index is 2.13. The fraction of sp³-hybridized carbons (Fsp3) is 0.500. The topological polar surface area (TPSA) is 46.5 Å². The SMILES string of the molecule is CC(C(=O)O)c1ccccc1OC1CCCSC1. The van der Waals surface area contributed by atoms with E-state index in [1.54, 1.807) is 6.92 Å². The lowest BCUT2D eigenvalue weighted by atomic mass is 10.0. The van der Waals surface area contributed by atoms with Crippen molar-refractivity contribution in [3.63, 3.8) is 0 Å². The molecule has 18 heavy (non-hydrogen) atoms. The highest BCUT2D eigenvalue weighted by molar-refractivity contribution is 7.99. The van der Waals surface area contributed by atoms with Gasteiger partial charge in [-0.25, -0.2) is 0 Å². The van der Waals surface area contributed by atoms with Crippen LogP contribution in [0.5, 0.6) is 5.75 Å². The van der Waals surface area contributed by atoms with Crippen molar-refractivity contribution >= 4 is 17.7 Å². The molecule has 0 saturated carbocycles. The highest BCUT2D eigenvalue weighted by atomic mass is 32.2. The molecule has 0 bridgehead atoms. The maximum absolute atomic E-state index is 11.1. The monoisotopic (exact) mass is 266 g/mol. The third-order valence-corrected chi connectivity index (χ3v) is 4.35. The molecule has 98 valence electrons. The van der Waals surface area contributed by atoms with E-state index >= 15 is 0 Å². The van der Waals surface area contributed by atoms with E-state index < -0.39 is 11.9 Å². The summed E-state index contributed by atoms with van der Waals surface area (Å²) < 4.78 is 5.97. The second-order valence-electron chi connectivity index (χ2n) is 4.55. The minimum absolute atomic E-state index is 0.214. The van der Waals surface area contributed by atoms with Gasteiger partial charge in [0.05, 0.1) is 5.92 Å². The molecule has 0 aliphatic carbocycles. The average Bonchev–Trinajstić information content (AvgIpc) is 2.39. The van der Waals surface area contributed by atoms with Crippen molar-refractivity contribution in [3.05, 3.63) is 29.8 Å². The predicted octanol–water partition coefficient (Wildman–Crippen LogP) is 3.15. The van der Waals surface area contributed by atoms with Crippen LogP contribution in [0.4, 0.5) is 0 Å². The molecular weight excluding hydrogens is 248 g/mol. The van der Waals surface area contributed by atoms with E-state index in [1.807, 2.05) is 36.0 Å². The number of benzene rings is 1. The number of thioether (sulfide) groups is 1. The number of carboxylic acids is 1. The van der Waals surface area contributed by atoms with Gasteiger partial charge in [0, 0.05) is 11.3 Å². The first-order chi connectivity index (χ1) is 8.68. The van der Waals surface area contributed by atoms with E-state index in [0.29, 0.717) is 0 Å². The molecule has 0 radical (unpaired) electrons. The Labute approximate surface area is 112 Å². The maximum Gasteiger partial charge on any atom is 0.310 e. The molecule has 0 spiro atoms. The second-order valence-corrected chi connectivity index (χ2v) is 5.70. The van der Waals surface area contributed by atoms with Crippen molar-refractivity contribution < 1.29 is 14.6 Å². The van der Waals surface area contributed by atoms with Crippen LogP contribution in [0.25, 0.3) is 0 Å². The Morgan fingerprint density at radius 3 is 2.94 bits per heavy atom. The van der Waals surface area contributed by atoms with Gasteiger partial charge in [-0.05, 0) is 31.6 Å². The van der Waals surface area contributed by atoms with Crippen LogP contribution in [-0.2, 0) is 4.79 Å². The summed E-state index contributed by atoms with van der Waals surface area (Å²) in [5, 5.41) is 9.11. The van der Waals surface area contributed by atoms with Crippen molar-refractivity contribution in [2.45, 2.75) is 31.8 Å². The first kappa shape index (κ1) is 13.3. The number of aliphatic carboxylic acids is 1. The number of rotatable bonds is 4. The van der Waals surface area contributed by atoms with Gasteiger partial charge in [-0.2, -0.15) is 11.8 Å². The van der Waals surface area contributed by atoms with Gasteiger partial charge in [0.25, 0.3) is 0 Å². The summed E-state index contributed by atoms with van der Waals surface area (Å²) in [6.07, 6.45) is 2.44. The molecule has 3 nitrogen and oxygen atoms in total. The van der Waals surface area contributed by atoms with E-state index in [1.165, 1.54) is 12.2 Å². The Hall–Kier alpha value is -1.16. The second kappa shape index (κ2) is 6.14. The molecule has 1 fully saturated rings. The van der Waals surface area contributed by atoms with Gasteiger partial charge in [-0.15, -0.1) is 0 Å². The molecule has 0 amide bonds. The number of para-hydroxylation sites is 1. The van der Waals surface area contributed by atoms with Gasteiger partial charge in [-0.1, -0.05) is 18.2 Å². The van der Waals surface area contributed by atoms with Crippen molar-refractivity contribution in [1.29, 1.82) is 0 Å². The fourth-order valence-electron chi connectivity index (χ4n) is 2.06. The summed E-state index contributed by atoms with van der Waals surface area (Å²) in [5.41, 5.74) is 0.764. The molecule has 2 unspecified atom stereocenters. The lowest BCUT2D eigenvalue weighted by molar-refractivity contribution is -0.138. The van der Waals surface area contributed by atoms with Gasteiger partial charge in [-0.3, -0.25) is 4.79 Å². The van der Waals surface area contributed by atoms with Crippen LogP contribution in [0.3, 0.4) is 0 Å². The van der Waals surface area contributed by atoms with Crippen molar-refractivity contribution in [3.8, 4) is 5.75 Å². The lowest BCUT2D eigenvalue weighted by Crippen LogP contribution is -2.24. The van der Waals surface area contributed by atoms with Crippen LogP contribution < -0.4 is 4.74 Å². The van der Waals surface area contributed by atoms with Crippen LogP contribution in [0.15, 0.2) is 24.3 Å². The third kappa shape index (κ3) is 3.19. The smallest absolute Gasteiger partial charge is 0.310 e. The molecule has 1 aromatic rings. The van der Waals surface area contributed by atoms with E-state index in [2.05, 4.69) is 0 Å². The zero-order valence-corrected chi connectivity index (χ0v) is 11.3. The summed E-state index contributed by atoms with van der Waals surface area (Å²) in [4.78, 5) is 11.1. The van der Waals surface area contributed by atoms with E-state index in [4.69, 9.17) is 9.84 Å². The summed E-state index contributed by atoms with van der Waals surface area (Å²) in [7, 11) is 0. The van der Waals surface area contributed by atoms with Crippen molar-refractivity contribution in [2.24, 2.45) is 0 Å². The summed E-state index contributed by atoms with van der Waals surface area (Å²) in [6.45, 7) is 1.69. The molecule has 1 aliphatic heterocycles. The molecule has 0 aromatic heterocycles. The van der Waals surface area contributed by atoms with Crippen LogP contribution in [-0.4, -0.2) is 28.7 Å². The molecule has 1 heterocycles. The van der Waals surface area contributed by atoms with Gasteiger partial charge >= 0.3 is 5.97 Å². The zero-order valence-electron chi connectivity index (χ0n) is 10.5. The largest absolute Gasteiger partial charge is 0.489 e. The molecule has 1 N–H and O–H groups in total. The van der Waals surface area contributed by atoms with Gasteiger partial charge in [0.2, 0.25) is 0 Å². The highest BCUT2D eigenvalue weighted by Crippen LogP contribution is 2.29. The van der Waals surface area contributed by atoms with Crippen LogP contribution in [0.2, 0.25) is 0 Å². The number of carboxylic acid groups (broad SMARTS) is 1. The van der Waals surface area contributed by atoms with E-state index in [-0.39, 0.29) is 6.10 Å². The standard InChI is InChI=1S/C14H18O3S/c1-10(14(15)16)12-6-2-3-7-13(12)17-11-5-4-8-18-9-11/h2-3,6-7,10-11H,4-5,8-9H2,1H3,(H,15,16). The number of hydrogen-bond donors (Lipinski definition) is 1. The summed E-state index contributed by atoms with van der Waals surface area (Å²) in [6, 6.07) is 7.46. The number of ether oxygens (including phenoxy) is 1. The summed E-state index contributed by atoms with van der Waals surface area (Å²) in [5.74, 6) is 1.57. The molecule has 1 aliphatic rings. The molecule has 2 rings (SSSR count). The predicted molar refractivity (Wildman–Crippen MR) is 73.5 cm³/mol. The number of hydrogen-bond acceptors (Lipinski definition) is 3. The molecule has 4 heteroatoms. The molecule has 2 atom stereocenters. The molecular formula is C14H18O3S. The molecule has 1 saturated heterocycles. The van der Waals surface area contributed by atoms with Crippen molar-refractivity contribution in [1.82, 2.24) is 0 Å². The minimum Gasteiger partial charge on any atom is -0.489 e. The zero-order chi connectivity index (χ0) is 13.0. The van der Waals surface area contributed by atoms with E-state index in [0.717, 1.165) is 23.5 Å². The Bertz CT molecular complexity index is 413. The Morgan fingerprint density at radius 1 is 1.50 bits per heavy atom.